The quantitative estimate of drug-likeness (QED) is 0.430. The lowest BCUT2D eigenvalue weighted by atomic mass is 10.1. The molecule has 2 N–H and O–H groups in total. The van der Waals surface area contributed by atoms with Gasteiger partial charge in [-0.05, 0) is 61.5 Å². The Labute approximate surface area is 172 Å². The third kappa shape index (κ3) is 4.91. The van der Waals surface area contributed by atoms with Crippen molar-refractivity contribution in [3.05, 3.63) is 88.0 Å². The Balaban J connectivity index is 1.68. The summed E-state index contributed by atoms with van der Waals surface area (Å²) >= 11 is 0. The number of nitriles is 1. The van der Waals surface area contributed by atoms with Gasteiger partial charge in [0, 0.05) is 29.1 Å². The Bertz CT molecular complexity index is 1100. The van der Waals surface area contributed by atoms with Gasteiger partial charge in [-0.15, -0.1) is 0 Å². The average molecular weight is 402 g/mol. The van der Waals surface area contributed by atoms with E-state index in [4.69, 9.17) is 4.74 Å². The summed E-state index contributed by atoms with van der Waals surface area (Å²) in [5, 5.41) is 25.9. The van der Waals surface area contributed by atoms with Crippen LogP contribution in [0.2, 0.25) is 0 Å². The molecule has 0 atom stereocenters. The summed E-state index contributed by atoms with van der Waals surface area (Å²) in [5.74, 6) is 0.465. The van der Waals surface area contributed by atoms with Crippen LogP contribution < -0.4 is 15.4 Å². The van der Waals surface area contributed by atoms with Crippen molar-refractivity contribution in [3.63, 3.8) is 0 Å². The summed E-state index contributed by atoms with van der Waals surface area (Å²) in [6, 6.07) is 19.7. The Morgan fingerprint density at radius 3 is 2.33 bits per heavy atom. The molecule has 0 bridgehead atoms. The number of nitro benzene ring substituents is 1. The van der Waals surface area contributed by atoms with Gasteiger partial charge in [-0.3, -0.25) is 14.9 Å². The van der Waals surface area contributed by atoms with Gasteiger partial charge >= 0.3 is 0 Å². The largest absolute Gasteiger partial charge is 0.494 e. The highest BCUT2D eigenvalue weighted by Crippen LogP contribution is 2.25. The van der Waals surface area contributed by atoms with Crippen LogP contribution in [0.25, 0.3) is 0 Å². The van der Waals surface area contributed by atoms with E-state index in [0.717, 1.165) is 5.75 Å². The molecule has 3 rings (SSSR count). The van der Waals surface area contributed by atoms with Gasteiger partial charge in [-0.25, -0.2) is 0 Å². The smallest absolute Gasteiger partial charge is 0.270 e. The minimum Gasteiger partial charge on any atom is -0.494 e. The van der Waals surface area contributed by atoms with Crippen molar-refractivity contribution in [3.8, 4) is 11.8 Å². The van der Waals surface area contributed by atoms with Gasteiger partial charge in [0.25, 0.3) is 11.6 Å². The summed E-state index contributed by atoms with van der Waals surface area (Å²) in [5.41, 5.74) is 2.18. The maximum Gasteiger partial charge on any atom is 0.270 e. The Kier molecular flexibility index (Phi) is 6.25. The van der Waals surface area contributed by atoms with Crippen molar-refractivity contribution < 1.29 is 14.5 Å². The second kappa shape index (κ2) is 9.21. The lowest BCUT2D eigenvalue weighted by Crippen LogP contribution is -2.11. The molecule has 0 fully saturated rings. The van der Waals surface area contributed by atoms with Crippen LogP contribution >= 0.6 is 0 Å². The summed E-state index contributed by atoms with van der Waals surface area (Å²) in [7, 11) is 0. The summed E-state index contributed by atoms with van der Waals surface area (Å²) in [4.78, 5) is 22.7. The molecule has 150 valence electrons. The zero-order chi connectivity index (χ0) is 21.5. The van der Waals surface area contributed by atoms with E-state index in [1.165, 1.54) is 18.2 Å². The van der Waals surface area contributed by atoms with Crippen molar-refractivity contribution in [1.82, 2.24) is 0 Å². The standard InChI is InChI=1S/C22H18N4O4/c1-2-30-20-10-7-18(8-11-20)25-22(27)15-3-5-17(6-4-15)24-21-12-9-19(26(28)29)13-16(21)14-23/h3-13,24H,2H2,1H3,(H,25,27). The van der Waals surface area contributed by atoms with Gasteiger partial charge in [0.05, 0.1) is 22.8 Å². The highest BCUT2D eigenvalue weighted by molar-refractivity contribution is 6.04. The van der Waals surface area contributed by atoms with Crippen molar-refractivity contribution in [1.29, 1.82) is 5.26 Å². The topological polar surface area (TPSA) is 117 Å². The Hall–Kier alpha value is -4.38. The number of nitrogens with zero attached hydrogens (tertiary/aromatic N) is 2. The van der Waals surface area contributed by atoms with Crippen LogP contribution in [0.3, 0.4) is 0 Å². The van der Waals surface area contributed by atoms with Crippen LogP contribution in [0, 0.1) is 21.4 Å². The monoisotopic (exact) mass is 402 g/mol. The molecule has 0 radical (unpaired) electrons. The van der Waals surface area contributed by atoms with Gasteiger partial charge in [-0.2, -0.15) is 5.26 Å². The lowest BCUT2D eigenvalue weighted by Gasteiger charge is -2.10. The number of rotatable bonds is 7. The van der Waals surface area contributed by atoms with E-state index >= 15 is 0 Å². The molecule has 3 aromatic rings. The van der Waals surface area contributed by atoms with Crippen LogP contribution in [0.4, 0.5) is 22.7 Å². The number of non-ortho nitro benzene ring substituents is 1. The zero-order valence-electron chi connectivity index (χ0n) is 16.1. The van der Waals surface area contributed by atoms with Crippen molar-refractivity contribution in [2.24, 2.45) is 0 Å². The molecule has 0 heterocycles. The molecule has 30 heavy (non-hydrogen) atoms. The number of hydrogen-bond acceptors (Lipinski definition) is 6. The molecule has 0 saturated heterocycles. The van der Waals surface area contributed by atoms with E-state index in [2.05, 4.69) is 10.6 Å². The number of ether oxygens (including phenoxy) is 1. The normalized spacial score (nSPS) is 10.0. The minimum atomic E-state index is -0.553. The summed E-state index contributed by atoms with van der Waals surface area (Å²) < 4.78 is 5.37. The summed E-state index contributed by atoms with van der Waals surface area (Å²) in [6.45, 7) is 2.47. The van der Waals surface area contributed by atoms with Crippen molar-refractivity contribution in [2.45, 2.75) is 6.92 Å². The third-order valence-corrected chi connectivity index (χ3v) is 4.18. The van der Waals surface area contributed by atoms with Gasteiger partial charge in [0.15, 0.2) is 0 Å². The molecule has 0 aliphatic heterocycles. The SMILES string of the molecule is CCOc1ccc(NC(=O)c2ccc(Nc3ccc([N+](=O)[O-])cc3C#N)cc2)cc1. The van der Waals surface area contributed by atoms with Gasteiger partial charge < -0.3 is 15.4 Å². The second-order valence-corrected chi connectivity index (χ2v) is 6.21. The predicted octanol–water partition coefficient (Wildman–Crippen LogP) is 4.86. The molecule has 8 nitrogen and oxygen atoms in total. The first-order chi connectivity index (χ1) is 14.5. The van der Waals surface area contributed by atoms with Gasteiger partial charge in [-0.1, -0.05) is 0 Å². The molecule has 3 aromatic carbocycles. The van der Waals surface area contributed by atoms with E-state index in [0.29, 0.717) is 29.2 Å². The number of carbonyl (C=O) groups is 1. The van der Waals surface area contributed by atoms with Crippen LogP contribution in [0.15, 0.2) is 66.7 Å². The maximum atomic E-state index is 12.4. The number of hydrogen-bond donors (Lipinski definition) is 2. The first-order valence-corrected chi connectivity index (χ1v) is 9.10. The fourth-order valence-electron chi connectivity index (χ4n) is 2.71. The Morgan fingerprint density at radius 2 is 1.73 bits per heavy atom. The van der Waals surface area contributed by atoms with E-state index in [1.807, 2.05) is 13.0 Å². The van der Waals surface area contributed by atoms with Gasteiger partial charge in [0.2, 0.25) is 0 Å². The molecule has 0 unspecified atom stereocenters. The van der Waals surface area contributed by atoms with E-state index < -0.39 is 4.92 Å². The molecular formula is C22H18N4O4. The molecule has 0 saturated carbocycles. The number of amides is 1. The second-order valence-electron chi connectivity index (χ2n) is 6.21. The lowest BCUT2D eigenvalue weighted by molar-refractivity contribution is -0.384. The fraction of sp³-hybridized carbons (Fsp3) is 0.0909. The Morgan fingerprint density at radius 1 is 1.07 bits per heavy atom. The first kappa shape index (κ1) is 20.4. The van der Waals surface area contributed by atoms with Crippen molar-refractivity contribution >= 4 is 28.7 Å². The molecule has 0 spiro atoms. The number of nitrogens with one attached hydrogen (secondary N) is 2. The minimum absolute atomic E-state index is 0.154. The highest BCUT2D eigenvalue weighted by Gasteiger charge is 2.11. The van der Waals surface area contributed by atoms with Crippen LogP contribution in [-0.4, -0.2) is 17.4 Å². The molecule has 0 aliphatic carbocycles. The van der Waals surface area contributed by atoms with Crippen molar-refractivity contribution in [2.75, 3.05) is 17.2 Å². The number of carbonyl (C=O) groups excluding carboxylic acids is 1. The number of anilines is 3. The number of nitro groups is 1. The summed E-state index contributed by atoms with van der Waals surface area (Å²) in [6.07, 6.45) is 0. The molecule has 1 amide bonds. The molecule has 8 heteroatoms. The fourth-order valence-corrected chi connectivity index (χ4v) is 2.71. The van der Waals surface area contributed by atoms with E-state index in [1.54, 1.807) is 48.5 Å². The predicted molar refractivity (Wildman–Crippen MR) is 113 cm³/mol. The third-order valence-electron chi connectivity index (χ3n) is 4.18. The van der Waals surface area contributed by atoms with Crippen LogP contribution in [0.1, 0.15) is 22.8 Å². The van der Waals surface area contributed by atoms with Crippen LogP contribution in [0.5, 0.6) is 5.75 Å². The number of benzene rings is 3. The highest BCUT2D eigenvalue weighted by atomic mass is 16.6. The van der Waals surface area contributed by atoms with E-state index in [-0.39, 0.29) is 17.2 Å². The molecule has 0 aliphatic rings. The first-order valence-electron chi connectivity index (χ1n) is 9.10. The molecular weight excluding hydrogens is 384 g/mol. The van der Waals surface area contributed by atoms with E-state index in [9.17, 15) is 20.2 Å². The van der Waals surface area contributed by atoms with Gasteiger partial charge in [0.1, 0.15) is 11.8 Å². The van der Waals surface area contributed by atoms with Crippen LogP contribution in [-0.2, 0) is 0 Å². The molecule has 0 aromatic heterocycles. The maximum absolute atomic E-state index is 12.4. The zero-order valence-corrected chi connectivity index (χ0v) is 16.1. The average Bonchev–Trinajstić information content (AvgIpc) is 2.76.